The van der Waals surface area contributed by atoms with Gasteiger partial charge < -0.3 is 10.2 Å². The van der Waals surface area contributed by atoms with Crippen molar-refractivity contribution in [1.82, 2.24) is 5.32 Å². The first-order chi connectivity index (χ1) is 14.3. The van der Waals surface area contributed by atoms with Gasteiger partial charge in [-0.05, 0) is 62.4 Å². The van der Waals surface area contributed by atoms with Gasteiger partial charge in [0.1, 0.15) is 6.04 Å². The highest BCUT2D eigenvalue weighted by molar-refractivity contribution is 7.92. The van der Waals surface area contributed by atoms with Gasteiger partial charge in [-0.2, -0.15) is 0 Å². The molecule has 0 radical (unpaired) electrons. The second-order valence-electron chi connectivity index (χ2n) is 7.94. The number of aryl methyl sites for hydroxylation is 2. The lowest BCUT2D eigenvalue weighted by molar-refractivity contribution is -0.121. The summed E-state index contributed by atoms with van der Waals surface area (Å²) < 4.78 is 26.0. The summed E-state index contributed by atoms with van der Waals surface area (Å²) in [4.78, 5) is 15.1. The molecule has 0 spiro atoms. The molecule has 0 saturated carbocycles. The smallest absolute Gasteiger partial charge is 0.243 e. The number of fused-ring (bicyclic) bond motifs is 1. The van der Waals surface area contributed by atoms with Crippen LogP contribution in [0, 0.1) is 6.92 Å². The molecule has 162 valence electrons. The number of benzene rings is 2. The molecule has 2 aromatic rings. The van der Waals surface area contributed by atoms with Crippen molar-refractivity contribution in [1.29, 1.82) is 0 Å². The van der Waals surface area contributed by atoms with Crippen LogP contribution in [0.3, 0.4) is 0 Å². The summed E-state index contributed by atoms with van der Waals surface area (Å²) in [6.07, 6.45) is 4.18. The van der Waals surface area contributed by atoms with E-state index >= 15 is 0 Å². The summed E-state index contributed by atoms with van der Waals surface area (Å²) >= 11 is 0. The average molecular weight is 430 g/mol. The SMILES string of the molecule is Cc1cccc(N([C@H](C)C(=O)NCCCN2CCCc3ccccc32)S(C)(=O)=O)c1. The van der Waals surface area contributed by atoms with Crippen LogP contribution in [-0.2, 0) is 21.2 Å². The first kappa shape index (κ1) is 22.2. The van der Waals surface area contributed by atoms with Gasteiger partial charge in [0.15, 0.2) is 0 Å². The quantitative estimate of drug-likeness (QED) is 0.655. The van der Waals surface area contributed by atoms with Crippen LogP contribution in [0.15, 0.2) is 48.5 Å². The van der Waals surface area contributed by atoms with Gasteiger partial charge in [0.25, 0.3) is 0 Å². The molecule has 0 fully saturated rings. The number of carbonyl (C=O) groups is 1. The van der Waals surface area contributed by atoms with Gasteiger partial charge in [-0.3, -0.25) is 9.10 Å². The lowest BCUT2D eigenvalue weighted by Gasteiger charge is -2.31. The molecule has 2 aromatic carbocycles. The van der Waals surface area contributed by atoms with E-state index in [1.807, 2.05) is 13.0 Å². The van der Waals surface area contributed by atoms with Crippen LogP contribution >= 0.6 is 0 Å². The van der Waals surface area contributed by atoms with E-state index in [-0.39, 0.29) is 5.91 Å². The van der Waals surface area contributed by atoms with Gasteiger partial charge in [0, 0.05) is 25.3 Å². The van der Waals surface area contributed by atoms with E-state index in [0.717, 1.165) is 44.2 Å². The third-order valence-corrected chi connectivity index (χ3v) is 6.70. The molecule has 1 aliphatic rings. The standard InChI is InChI=1S/C23H31N3O3S/c1-18-9-6-12-21(17-18)26(30(3,28)29)19(2)23(27)24-14-8-16-25-15-7-11-20-10-4-5-13-22(20)25/h4-6,9-10,12-13,17,19H,7-8,11,14-16H2,1-3H3,(H,24,27)/t19-/m1/s1. The summed E-state index contributed by atoms with van der Waals surface area (Å²) in [5.41, 5.74) is 4.11. The first-order valence-electron chi connectivity index (χ1n) is 10.4. The highest BCUT2D eigenvalue weighted by Crippen LogP contribution is 2.26. The Bertz CT molecular complexity index is 991. The molecule has 7 heteroatoms. The number of carbonyl (C=O) groups excluding carboxylic acids is 1. The molecule has 0 bridgehead atoms. The van der Waals surface area contributed by atoms with Gasteiger partial charge in [-0.15, -0.1) is 0 Å². The highest BCUT2D eigenvalue weighted by Gasteiger charge is 2.29. The Morgan fingerprint density at radius 1 is 1.20 bits per heavy atom. The third-order valence-electron chi connectivity index (χ3n) is 5.46. The van der Waals surface area contributed by atoms with Crippen LogP contribution in [-0.4, -0.2) is 46.3 Å². The molecule has 1 heterocycles. The molecule has 3 rings (SSSR count). The maximum atomic E-state index is 12.7. The molecule has 0 aromatic heterocycles. The van der Waals surface area contributed by atoms with E-state index in [2.05, 4.69) is 34.5 Å². The lowest BCUT2D eigenvalue weighted by atomic mass is 10.0. The first-order valence-corrected chi connectivity index (χ1v) is 12.3. The van der Waals surface area contributed by atoms with Crippen molar-refractivity contribution in [2.24, 2.45) is 0 Å². The fourth-order valence-corrected chi connectivity index (χ4v) is 5.21. The molecule has 1 amide bonds. The zero-order chi connectivity index (χ0) is 21.7. The number of sulfonamides is 1. The van der Waals surface area contributed by atoms with Crippen molar-refractivity contribution in [3.63, 3.8) is 0 Å². The number of nitrogens with zero attached hydrogens (tertiary/aromatic N) is 2. The Labute approximate surface area is 179 Å². The molecular formula is C23H31N3O3S. The van der Waals surface area contributed by atoms with Gasteiger partial charge >= 0.3 is 0 Å². The van der Waals surface area contributed by atoms with Crippen molar-refractivity contribution in [3.8, 4) is 0 Å². The number of nitrogens with one attached hydrogen (secondary N) is 1. The topological polar surface area (TPSA) is 69.7 Å². The predicted octanol–water partition coefficient (Wildman–Crippen LogP) is 3.11. The second-order valence-corrected chi connectivity index (χ2v) is 9.80. The van der Waals surface area contributed by atoms with Gasteiger partial charge in [0.2, 0.25) is 15.9 Å². The van der Waals surface area contributed by atoms with Crippen LogP contribution in [0.4, 0.5) is 11.4 Å². The molecule has 0 aliphatic carbocycles. The van der Waals surface area contributed by atoms with E-state index in [9.17, 15) is 13.2 Å². The van der Waals surface area contributed by atoms with Crippen LogP contribution in [0.5, 0.6) is 0 Å². The van der Waals surface area contributed by atoms with Crippen molar-refractivity contribution < 1.29 is 13.2 Å². The zero-order valence-electron chi connectivity index (χ0n) is 18.0. The number of rotatable bonds is 8. The number of hydrogen-bond acceptors (Lipinski definition) is 4. The highest BCUT2D eigenvalue weighted by atomic mass is 32.2. The summed E-state index contributed by atoms with van der Waals surface area (Å²) in [5.74, 6) is -0.291. The van der Waals surface area contributed by atoms with E-state index in [1.165, 1.54) is 15.6 Å². The van der Waals surface area contributed by atoms with E-state index in [4.69, 9.17) is 0 Å². The summed E-state index contributed by atoms with van der Waals surface area (Å²) in [7, 11) is -3.60. The second kappa shape index (κ2) is 9.51. The molecule has 1 N–H and O–H groups in total. The van der Waals surface area contributed by atoms with Gasteiger partial charge in [-0.1, -0.05) is 30.3 Å². The largest absolute Gasteiger partial charge is 0.371 e. The Balaban J connectivity index is 1.57. The minimum atomic E-state index is -3.60. The average Bonchev–Trinajstić information content (AvgIpc) is 2.70. The van der Waals surface area contributed by atoms with E-state index < -0.39 is 16.1 Å². The van der Waals surface area contributed by atoms with Crippen LogP contribution in [0.1, 0.15) is 30.9 Å². The molecular weight excluding hydrogens is 398 g/mol. The van der Waals surface area contributed by atoms with Crippen molar-refractivity contribution in [3.05, 3.63) is 59.7 Å². The summed E-state index contributed by atoms with van der Waals surface area (Å²) in [5, 5.41) is 2.91. The minimum Gasteiger partial charge on any atom is -0.371 e. The fourth-order valence-electron chi connectivity index (χ4n) is 4.05. The van der Waals surface area contributed by atoms with Crippen LogP contribution in [0.25, 0.3) is 0 Å². The normalized spacial score (nSPS) is 14.7. The summed E-state index contributed by atoms with van der Waals surface area (Å²) in [6.45, 7) is 5.91. The zero-order valence-corrected chi connectivity index (χ0v) is 18.8. The molecule has 1 aliphatic heterocycles. The molecule has 30 heavy (non-hydrogen) atoms. The molecule has 0 unspecified atom stereocenters. The number of amides is 1. The maximum Gasteiger partial charge on any atom is 0.243 e. The van der Waals surface area contributed by atoms with Crippen molar-refractivity contribution in [2.75, 3.05) is 35.1 Å². The monoisotopic (exact) mass is 429 g/mol. The van der Waals surface area contributed by atoms with Crippen molar-refractivity contribution >= 4 is 27.3 Å². The maximum absolute atomic E-state index is 12.7. The fraction of sp³-hybridized carbons (Fsp3) is 0.435. The molecule has 1 atom stereocenters. The van der Waals surface area contributed by atoms with Gasteiger partial charge in [-0.25, -0.2) is 8.42 Å². The molecule has 6 nitrogen and oxygen atoms in total. The number of anilines is 2. The van der Waals surface area contributed by atoms with Gasteiger partial charge in [0.05, 0.1) is 11.9 Å². The van der Waals surface area contributed by atoms with E-state index in [1.54, 1.807) is 25.1 Å². The minimum absolute atomic E-state index is 0.291. The van der Waals surface area contributed by atoms with Crippen molar-refractivity contribution in [2.45, 2.75) is 39.2 Å². The number of hydrogen-bond donors (Lipinski definition) is 1. The summed E-state index contributed by atoms with van der Waals surface area (Å²) in [6, 6.07) is 14.8. The van der Waals surface area contributed by atoms with E-state index in [0.29, 0.717) is 12.2 Å². The number of para-hydroxylation sites is 1. The third kappa shape index (κ3) is 5.33. The van der Waals surface area contributed by atoms with Crippen LogP contribution < -0.4 is 14.5 Å². The molecule has 0 saturated heterocycles. The van der Waals surface area contributed by atoms with Crippen LogP contribution in [0.2, 0.25) is 0 Å². The Morgan fingerprint density at radius 2 is 1.97 bits per heavy atom. The Kier molecular flexibility index (Phi) is 7.02. The predicted molar refractivity (Wildman–Crippen MR) is 123 cm³/mol. The lowest BCUT2D eigenvalue weighted by Crippen LogP contribution is -2.48. The Morgan fingerprint density at radius 3 is 2.70 bits per heavy atom. The Hall–Kier alpha value is -2.54.